The van der Waals surface area contributed by atoms with Crippen molar-refractivity contribution in [3.05, 3.63) is 29.8 Å². The third kappa shape index (κ3) is 2.29. The first-order valence-corrected chi connectivity index (χ1v) is 5.10. The number of rotatable bonds is 4. The van der Waals surface area contributed by atoms with Crippen molar-refractivity contribution in [3.63, 3.8) is 0 Å². The average molecular weight is 194 g/mol. The number of nitrogens with zero attached hydrogens (tertiary/aromatic N) is 1. The first kappa shape index (κ1) is 9.59. The average Bonchev–Trinajstić information content (AvgIpc) is 2.99. The van der Waals surface area contributed by atoms with Crippen molar-refractivity contribution >= 4 is 0 Å². The van der Waals surface area contributed by atoms with Crippen LogP contribution in [0.5, 0.6) is 0 Å². The summed E-state index contributed by atoms with van der Waals surface area (Å²) in [4.78, 5) is 3.99. The maximum absolute atomic E-state index is 13.2. The predicted octanol–water partition coefficient (Wildman–Crippen LogP) is 2.11. The summed E-state index contributed by atoms with van der Waals surface area (Å²) in [5.74, 6) is 0.574. The van der Waals surface area contributed by atoms with Gasteiger partial charge in [-0.15, -0.1) is 0 Å². The minimum absolute atomic E-state index is 0.219. The third-order valence-corrected chi connectivity index (χ3v) is 2.76. The fourth-order valence-corrected chi connectivity index (χ4v) is 1.57. The summed E-state index contributed by atoms with van der Waals surface area (Å²) < 4.78 is 13.2. The van der Waals surface area contributed by atoms with Gasteiger partial charge < -0.3 is 5.32 Å². The lowest BCUT2D eigenvalue weighted by molar-refractivity contribution is 0.479. The van der Waals surface area contributed by atoms with Crippen molar-refractivity contribution in [2.24, 2.45) is 5.92 Å². The van der Waals surface area contributed by atoms with E-state index in [4.69, 9.17) is 0 Å². The second-order valence-electron chi connectivity index (χ2n) is 3.94. The highest BCUT2D eigenvalue weighted by molar-refractivity contribution is 5.06. The van der Waals surface area contributed by atoms with E-state index in [2.05, 4.69) is 17.2 Å². The molecule has 1 aliphatic rings. The molecule has 1 heterocycles. The van der Waals surface area contributed by atoms with Gasteiger partial charge in [0, 0.05) is 18.8 Å². The van der Waals surface area contributed by atoms with Gasteiger partial charge in [0.2, 0.25) is 0 Å². The molecular formula is C11H15FN2. The van der Waals surface area contributed by atoms with E-state index in [0.29, 0.717) is 18.3 Å². The Kier molecular flexibility index (Phi) is 2.77. The summed E-state index contributed by atoms with van der Waals surface area (Å²) in [7, 11) is 0. The summed E-state index contributed by atoms with van der Waals surface area (Å²) in [6.45, 7) is 2.68. The van der Waals surface area contributed by atoms with E-state index >= 15 is 0 Å². The van der Waals surface area contributed by atoms with Crippen molar-refractivity contribution in [3.8, 4) is 0 Å². The van der Waals surface area contributed by atoms with Crippen molar-refractivity contribution < 1.29 is 4.39 Å². The molecule has 1 aromatic heterocycles. The van der Waals surface area contributed by atoms with Crippen LogP contribution in [0.25, 0.3) is 0 Å². The number of nitrogens with one attached hydrogen (secondary N) is 1. The van der Waals surface area contributed by atoms with Crippen LogP contribution in [0, 0.1) is 11.7 Å². The summed E-state index contributed by atoms with van der Waals surface area (Å²) >= 11 is 0. The topological polar surface area (TPSA) is 24.9 Å². The molecule has 2 nitrogen and oxygen atoms in total. The van der Waals surface area contributed by atoms with Crippen molar-refractivity contribution in [2.75, 3.05) is 0 Å². The number of aromatic nitrogens is 1. The first-order chi connectivity index (χ1) is 6.77. The van der Waals surface area contributed by atoms with Crippen LogP contribution in [-0.2, 0) is 6.54 Å². The van der Waals surface area contributed by atoms with E-state index in [-0.39, 0.29) is 5.82 Å². The van der Waals surface area contributed by atoms with Gasteiger partial charge >= 0.3 is 0 Å². The first-order valence-electron chi connectivity index (χ1n) is 5.10. The van der Waals surface area contributed by atoms with Crippen molar-refractivity contribution in [1.82, 2.24) is 10.3 Å². The van der Waals surface area contributed by atoms with E-state index in [0.717, 1.165) is 5.92 Å². The lowest BCUT2D eigenvalue weighted by atomic mass is 10.2. The Balaban J connectivity index is 1.87. The Labute approximate surface area is 83.6 Å². The maximum Gasteiger partial charge on any atom is 0.146 e. The molecule has 76 valence electrons. The molecule has 1 aromatic rings. The van der Waals surface area contributed by atoms with Gasteiger partial charge in [0.15, 0.2) is 0 Å². The number of halogens is 1. The number of pyridine rings is 1. The van der Waals surface area contributed by atoms with E-state index in [1.165, 1.54) is 18.9 Å². The molecule has 1 N–H and O–H groups in total. The second kappa shape index (κ2) is 4.05. The summed E-state index contributed by atoms with van der Waals surface area (Å²) in [6, 6.07) is 3.55. The molecule has 1 saturated carbocycles. The number of hydrogen-bond donors (Lipinski definition) is 1. The van der Waals surface area contributed by atoms with Crippen LogP contribution < -0.4 is 5.32 Å². The van der Waals surface area contributed by atoms with Crippen molar-refractivity contribution in [1.29, 1.82) is 0 Å². The van der Waals surface area contributed by atoms with Crippen LogP contribution >= 0.6 is 0 Å². The normalized spacial score (nSPS) is 18.1. The summed E-state index contributed by atoms with van der Waals surface area (Å²) in [6.07, 6.45) is 4.24. The Morgan fingerprint density at radius 2 is 2.43 bits per heavy atom. The van der Waals surface area contributed by atoms with Crippen LogP contribution in [0.15, 0.2) is 18.3 Å². The zero-order chi connectivity index (χ0) is 9.97. The molecule has 1 atom stereocenters. The maximum atomic E-state index is 13.2. The molecule has 0 saturated heterocycles. The molecule has 0 bridgehead atoms. The number of hydrogen-bond acceptors (Lipinski definition) is 2. The van der Waals surface area contributed by atoms with Crippen LogP contribution in [-0.4, -0.2) is 11.0 Å². The van der Waals surface area contributed by atoms with Gasteiger partial charge in [-0.2, -0.15) is 0 Å². The summed E-state index contributed by atoms with van der Waals surface area (Å²) in [5.41, 5.74) is 0.514. The minimum atomic E-state index is -0.219. The monoisotopic (exact) mass is 194 g/mol. The van der Waals surface area contributed by atoms with E-state index in [9.17, 15) is 4.39 Å². The molecule has 3 heteroatoms. The summed E-state index contributed by atoms with van der Waals surface area (Å²) in [5, 5.41) is 3.30. The molecule has 1 fully saturated rings. The molecule has 0 amide bonds. The molecule has 2 rings (SSSR count). The Morgan fingerprint density at radius 3 is 3.07 bits per heavy atom. The Morgan fingerprint density at radius 1 is 1.64 bits per heavy atom. The lowest BCUT2D eigenvalue weighted by Crippen LogP contribution is -2.28. The van der Waals surface area contributed by atoms with Gasteiger partial charge in [-0.1, -0.05) is 0 Å². The third-order valence-electron chi connectivity index (χ3n) is 2.76. The van der Waals surface area contributed by atoms with Crippen LogP contribution in [0.3, 0.4) is 0 Å². The highest BCUT2D eigenvalue weighted by atomic mass is 19.1. The Bertz CT molecular complexity index is 310. The Hall–Kier alpha value is -0.960. The van der Waals surface area contributed by atoms with Gasteiger partial charge in [0.25, 0.3) is 0 Å². The lowest BCUT2D eigenvalue weighted by Gasteiger charge is -2.12. The minimum Gasteiger partial charge on any atom is -0.308 e. The van der Waals surface area contributed by atoms with Crippen LogP contribution in [0.4, 0.5) is 4.39 Å². The quantitative estimate of drug-likeness (QED) is 0.794. The molecular weight excluding hydrogens is 179 g/mol. The smallest absolute Gasteiger partial charge is 0.146 e. The molecule has 1 unspecified atom stereocenters. The fourth-order valence-electron chi connectivity index (χ4n) is 1.57. The second-order valence-corrected chi connectivity index (χ2v) is 3.94. The van der Waals surface area contributed by atoms with Gasteiger partial charge in [-0.25, -0.2) is 4.39 Å². The fraction of sp³-hybridized carbons (Fsp3) is 0.545. The molecule has 0 radical (unpaired) electrons. The largest absolute Gasteiger partial charge is 0.308 e. The van der Waals surface area contributed by atoms with Crippen LogP contribution in [0.2, 0.25) is 0 Å². The van der Waals surface area contributed by atoms with E-state index in [1.807, 2.05) is 0 Å². The van der Waals surface area contributed by atoms with Gasteiger partial charge in [0.05, 0.1) is 5.69 Å². The van der Waals surface area contributed by atoms with Gasteiger partial charge in [0.1, 0.15) is 5.82 Å². The molecule has 1 aliphatic carbocycles. The molecule has 0 aliphatic heterocycles. The SMILES string of the molecule is CC(NCc1ncccc1F)C1CC1. The van der Waals surface area contributed by atoms with E-state index in [1.54, 1.807) is 12.3 Å². The predicted molar refractivity (Wildman–Crippen MR) is 53.2 cm³/mol. The van der Waals surface area contributed by atoms with Gasteiger partial charge in [-0.05, 0) is 37.8 Å². The van der Waals surface area contributed by atoms with Crippen molar-refractivity contribution in [2.45, 2.75) is 32.4 Å². The standard InChI is InChI=1S/C11H15FN2/c1-8(9-4-5-9)14-7-11-10(12)3-2-6-13-11/h2-3,6,8-9,14H,4-5,7H2,1H3. The molecule has 0 aromatic carbocycles. The zero-order valence-corrected chi connectivity index (χ0v) is 8.33. The van der Waals surface area contributed by atoms with E-state index < -0.39 is 0 Å². The molecule has 14 heavy (non-hydrogen) atoms. The zero-order valence-electron chi connectivity index (χ0n) is 8.33. The molecule has 0 spiro atoms. The highest BCUT2D eigenvalue weighted by Gasteiger charge is 2.27. The van der Waals surface area contributed by atoms with Gasteiger partial charge in [-0.3, -0.25) is 4.98 Å². The highest BCUT2D eigenvalue weighted by Crippen LogP contribution is 2.32. The van der Waals surface area contributed by atoms with Crippen LogP contribution in [0.1, 0.15) is 25.5 Å².